The van der Waals surface area contributed by atoms with E-state index in [1.165, 1.54) is 31.2 Å². The number of hydrogen-bond acceptors (Lipinski definition) is 24. The minimum Gasteiger partial charge on any atom is -0.494 e. The molecule has 0 spiro atoms. The summed E-state index contributed by atoms with van der Waals surface area (Å²) < 4.78 is 11.4. The highest BCUT2D eigenvalue weighted by Crippen LogP contribution is 2.26. The average Bonchev–Trinajstić information content (AvgIpc) is 0.869. The number of aromatic carboxylic acids is 2. The Kier molecular flexibility index (Phi) is 71.6. The van der Waals surface area contributed by atoms with Crippen molar-refractivity contribution >= 4 is 99.9 Å². The number of Topliss-reactive ketones (excluding diaryl/α,β-unsaturated/α-hetero) is 6. The molecule has 141 heavy (non-hydrogen) atoms. The second-order valence-electron chi connectivity index (χ2n) is 38.7. The van der Waals surface area contributed by atoms with Crippen molar-refractivity contribution in [1.82, 2.24) is 37.2 Å². The minimum atomic E-state index is -1.21. The van der Waals surface area contributed by atoms with E-state index < -0.39 is 77.5 Å². The lowest BCUT2D eigenvalue weighted by Gasteiger charge is -2.23. The number of carboxylic acids is 4. The summed E-state index contributed by atoms with van der Waals surface area (Å²) in [6.07, 6.45) is 35.5. The Morgan fingerprint density at radius 2 is 0.560 bits per heavy atom. The number of hydrogen-bond donors (Lipinski definition) is 16. The highest BCUT2D eigenvalue weighted by molar-refractivity contribution is 5.95. The molecule has 0 radical (unpaired) electrons. The molecule has 798 valence electrons. The number of nitrogens with one attached hydrogen (secondary N) is 7. The summed E-state index contributed by atoms with van der Waals surface area (Å²) >= 11 is 0. The molecule has 0 bridgehead atoms. The summed E-state index contributed by atoms with van der Waals surface area (Å²) in [5.41, 5.74) is 30.1. The first-order valence-electron chi connectivity index (χ1n) is 52.7. The molecule has 0 saturated heterocycles. The van der Waals surface area contributed by atoms with Gasteiger partial charge in [-0.2, -0.15) is 0 Å². The minimum absolute atomic E-state index is 0.00197. The zero-order chi connectivity index (χ0) is 104. The van der Waals surface area contributed by atoms with Crippen LogP contribution in [0.1, 0.15) is 414 Å². The van der Waals surface area contributed by atoms with Crippen LogP contribution in [0.15, 0.2) is 48.5 Å². The number of carbonyl (C=O) groups excluding carboxylic acids is 13. The molecule has 0 aliphatic carbocycles. The van der Waals surface area contributed by atoms with Gasteiger partial charge in [0.1, 0.15) is 52.5 Å². The molecule has 2 aromatic carbocycles. The van der Waals surface area contributed by atoms with Gasteiger partial charge in [-0.3, -0.25) is 62.3 Å². The van der Waals surface area contributed by atoms with Crippen LogP contribution in [-0.4, -0.2) is 208 Å². The third-order valence-corrected chi connectivity index (χ3v) is 25.5. The number of amides is 7. The molecule has 2 rings (SSSR count). The molecule has 0 heterocycles. The molecular weight excluding hydrogens is 1810 g/mol. The quantitative estimate of drug-likeness (QED) is 0.0274. The van der Waals surface area contributed by atoms with Gasteiger partial charge in [-0.05, 0) is 223 Å². The number of nitrogens with two attached hydrogens (primary N) is 5. The maximum atomic E-state index is 13.9. The van der Waals surface area contributed by atoms with E-state index in [9.17, 15) is 91.7 Å². The van der Waals surface area contributed by atoms with E-state index in [1.54, 1.807) is 38.1 Å². The molecule has 2 aromatic rings. The van der Waals surface area contributed by atoms with Crippen molar-refractivity contribution in [3.63, 3.8) is 0 Å². The smallest absolute Gasteiger partial charge is 0.335 e. The van der Waals surface area contributed by atoms with Gasteiger partial charge >= 0.3 is 23.9 Å². The number of benzene rings is 2. The number of ketones is 6. The zero-order valence-corrected chi connectivity index (χ0v) is 85.1. The summed E-state index contributed by atoms with van der Waals surface area (Å²) in [5, 5.41) is 56.9. The highest BCUT2D eigenvalue weighted by atomic mass is 16.5. The molecule has 0 aliphatic rings. The number of aliphatic carboxylic acids is 2. The number of ether oxygens (including phenoxy) is 2. The van der Waals surface area contributed by atoms with Gasteiger partial charge in [-0.1, -0.05) is 148 Å². The van der Waals surface area contributed by atoms with Crippen molar-refractivity contribution in [3.8, 4) is 11.5 Å². The molecule has 0 unspecified atom stereocenters. The van der Waals surface area contributed by atoms with E-state index in [0.717, 1.165) is 148 Å². The molecule has 0 aromatic heterocycles. The molecule has 35 heteroatoms. The Labute approximate surface area is 836 Å². The predicted molar refractivity (Wildman–Crippen MR) is 543 cm³/mol. The fraction of sp³-hybridized carbons (Fsp3) is 0.726. The summed E-state index contributed by atoms with van der Waals surface area (Å²) in [6.45, 7) is 7.54. The molecule has 35 nitrogen and oxygen atoms in total. The predicted octanol–water partition coefficient (Wildman–Crippen LogP) is 13.6. The maximum absolute atomic E-state index is 13.9. The van der Waals surface area contributed by atoms with Crippen molar-refractivity contribution < 1.29 is 111 Å². The standard InChI is InChI=1S/C106H176N12O23/c1-77(119)80(43-32-37-69-113-100(130)89(109)51-34-39-71-115-98(128)87(107)49-28-22-26-48-84(122)61-67-92(105(138)139)118-97(127)55-31-17-12-18-36-68-112-95(125)53-29-15-7-5-11-20-42-74-141-86-64-58-79(59-65-86)103(134)135)75-93(123)81(76-94(124)106(2,3)111)44-33-38-70-114-101(131)90(110)52-35-40-72-116-99(129)88(108)50-27-21-25-47-83(121)60-66-91(104(136)137)117-96(126)54-30-16-9-8-14-24-46-82(120)45-23-13-6-4-10-19-41-73-140-85-62-56-78(57-63-85)102(132)133/h56-59,62-65,80-81,87-92H,4-55,60-61,66-76,107-111H2,1-3H3,(H,112,125)(H,113,130)(H,114,131)(H,115,128)(H,116,129)(H,117,126)(H,118,127)(H,132,133)(H,134,135)(H,136,137)(H,138,139)/t80-,81-,87+,88+,89+,90+,91+,92+/m1/s1. The molecular formula is C106H176N12O23. The van der Waals surface area contributed by atoms with Crippen molar-refractivity contribution in [1.29, 1.82) is 0 Å². The normalized spacial score (nSPS) is 13.0. The van der Waals surface area contributed by atoms with Crippen LogP contribution in [0.5, 0.6) is 11.5 Å². The van der Waals surface area contributed by atoms with Gasteiger partial charge in [-0.25, -0.2) is 19.2 Å². The van der Waals surface area contributed by atoms with Crippen molar-refractivity contribution in [2.45, 2.75) is 435 Å². The second-order valence-corrected chi connectivity index (χ2v) is 38.7. The summed E-state index contributed by atoms with van der Waals surface area (Å²) in [4.78, 5) is 212. The summed E-state index contributed by atoms with van der Waals surface area (Å²) in [5.74, 6) is -7.03. The Hall–Kier alpha value is -9.97. The Morgan fingerprint density at radius 3 is 0.879 bits per heavy atom. The van der Waals surface area contributed by atoms with Crippen LogP contribution in [0, 0.1) is 11.8 Å². The molecule has 0 saturated carbocycles. The molecule has 7 amide bonds. The van der Waals surface area contributed by atoms with Crippen LogP contribution < -0.4 is 75.4 Å². The van der Waals surface area contributed by atoms with Gasteiger partial charge in [0, 0.05) is 115 Å². The van der Waals surface area contributed by atoms with Crippen LogP contribution >= 0.6 is 0 Å². The lowest BCUT2D eigenvalue weighted by Crippen LogP contribution is -2.43. The van der Waals surface area contributed by atoms with Gasteiger partial charge in [0.15, 0.2) is 5.78 Å². The van der Waals surface area contributed by atoms with E-state index in [0.29, 0.717) is 217 Å². The first-order chi connectivity index (χ1) is 67.5. The first-order valence-corrected chi connectivity index (χ1v) is 52.7. The van der Waals surface area contributed by atoms with Crippen molar-refractivity contribution in [3.05, 3.63) is 59.7 Å². The van der Waals surface area contributed by atoms with Gasteiger partial charge < -0.3 is 95.8 Å². The van der Waals surface area contributed by atoms with E-state index in [1.807, 2.05) is 0 Å². The Morgan fingerprint density at radius 1 is 0.298 bits per heavy atom. The number of rotatable bonds is 94. The second kappa shape index (κ2) is 79.5. The van der Waals surface area contributed by atoms with Gasteiger partial charge in [0.25, 0.3) is 0 Å². The number of carbonyl (C=O) groups is 17. The van der Waals surface area contributed by atoms with Crippen LogP contribution in [0.4, 0.5) is 0 Å². The monoisotopic (exact) mass is 1990 g/mol. The molecule has 21 N–H and O–H groups in total. The van der Waals surface area contributed by atoms with E-state index in [-0.39, 0.29) is 152 Å². The SMILES string of the molecule is CC(=O)[C@H](CCCCNC(=O)[C@@H](N)CCCCNC(=O)[C@@H](N)CCCCCC(=O)CC[C@H](NC(=O)CCCCCCCNC(=O)CCCCCCCCCOc1ccc(C(=O)O)cc1)C(=O)O)CC(=O)[C@H](CCCCNC(=O)[C@@H](N)CCCCNC(=O)[C@@H](N)CCCCCC(=O)CC[C@H](NC(=O)CCCCCCCCC(=O)CCCCCCCCCOc1ccc(C(=O)O)cc1)C(=O)O)CC(=O)C(C)(C)N. The molecule has 0 aliphatic heterocycles. The lowest BCUT2D eigenvalue weighted by atomic mass is 9.82. The molecule has 0 fully saturated rings. The summed E-state index contributed by atoms with van der Waals surface area (Å²) in [6, 6.07) is 7.29. The van der Waals surface area contributed by atoms with Crippen molar-refractivity contribution in [2.75, 3.05) is 45.9 Å². The number of unbranched alkanes of at least 4 members (excludes halogenated alkanes) is 29. The Bertz CT molecular complexity index is 3980. The third-order valence-electron chi connectivity index (χ3n) is 25.5. The lowest BCUT2D eigenvalue weighted by molar-refractivity contribution is -0.142. The number of carboxylic acid groups (broad SMARTS) is 4. The maximum Gasteiger partial charge on any atom is 0.335 e. The van der Waals surface area contributed by atoms with E-state index >= 15 is 0 Å². The van der Waals surface area contributed by atoms with E-state index in [4.69, 9.17) is 48.4 Å². The van der Waals surface area contributed by atoms with Gasteiger partial charge in [0.05, 0.1) is 54.0 Å². The van der Waals surface area contributed by atoms with Crippen LogP contribution in [0.3, 0.4) is 0 Å². The third kappa shape index (κ3) is 67.2. The van der Waals surface area contributed by atoms with Crippen LogP contribution in [-0.2, 0) is 71.9 Å². The van der Waals surface area contributed by atoms with Gasteiger partial charge in [0.2, 0.25) is 41.4 Å². The fourth-order valence-corrected chi connectivity index (χ4v) is 16.3. The fourth-order valence-electron chi connectivity index (χ4n) is 16.3. The summed E-state index contributed by atoms with van der Waals surface area (Å²) in [7, 11) is 0. The van der Waals surface area contributed by atoms with Crippen LogP contribution in [0.2, 0.25) is 0 Å². The first kappa shape index (κ1) is 127. The van der Waals surface area contributed by atoms with Crippen LogP contribution in [0.25, 0.3) is 0 Å². The topological polar surface area (TPSA) is 604 Å². The highest BCUT2D eigenvalue weighted by Gasteiger charge is 2.32. The van der Waals surface area contributed by atoms with Gasteiger partial charge in [-0.15, -0.1) is 0 Å². The molecule has 8 atom stereocenters. The van der Waals surface area contributed by atoms with E-state index in [2.05, 4.69) is 37.2 Å². The van der Waals surface area contributed by atoms with Crippen molar-refractivity contribution in [2.24, 2.45) is 40.5 Å². The largest absolute Gasteiger partial charge is 0.494 e. The zero-order valence-electron chi connectivity index (χ0n) is 85.1. The average molecular weight is 1990 g/mol. The Balaban J connectivity index is 1.49.